The smallest absolute Gasteiger partial charge is 0.216 e. The third-order valence-corrected chi connectivity index (χ3v) is 5.16. The van der Waals surface area contributed by atoms with Gasteiger partial charge in [0.05, 0.1) is 6.20 Å². The second-order valence-electron chi connectivity index (χ2n) is 8.64. The first kappa shape index (κ1) is 21.4. The summed E-state index contributed by atoms with van der Waals surface area (Å²) >= 11 is 0. The van der Waals surface area contributed by atoms with Crippen LogP contribution in [0.4, 0.5) is 0 Å². The van der Waals surface area contributed by atoms with Gasteiger partial charge in [-0.15, -0.1) is 0 Å². The van der Waals surface area contributed by atoms with E-state index >= 15 is 0 Å². The first-order valence-corrected chi connectivity index (χ1v) is 10.7. The summed E-state index contributed by atoms with van der Waals surface area (Å²) < 4.78 is 5.83. The Morgan fingerprint density at radius 2 is 2.00 bits per heavy atom. The zero-order chi connectivity index (χ0) is 20.7. The second kappa shape index (κ2) is 9.92. The first-order valence-electron chi connectivity index (χ1n) is 10.7. The zero-order valence-electron chi connectivity index (χ0n) is 18.3. The molecule has 2 N–H and O–H groups in total. The van der Waals surface area contributed by atoms with Crippen molar-refractivity contribution >= 4 is 5.96 Å². The maximum absolute atomic E-state index is 5.83. The maximum atomic E-state index is 5.83. The van der Waals surface area contributed by atoms with Crippen LogP contribution in [-0.4, -0.2) is 42.0 Å². The van der Waals surface area contributed by atoms with Crippen molar-refractivity contribution in [2.24, 2.45) is 4.99 Å². The Balaban J connectivity index is 1.43. The minimum Gasteiger partial charge on any atom is -0.443 e. The van der Waals surface area contributed by atoms with E-state index in [9.17, 15) is 0 Å². The van der Waals surface area contributed by atoms with Crippen LogP contribution in [0.1, 0.15) is 56.9 Å². The van der Waals surface area contributed by atoms with Gasteiger partial charge in [0.1, 0.15) is 12.3 Å². The van der Waals surface area contributed by atoms with E-state index in [-0.39, 0.29) is 5.41 Å². The van der Waals surface area contributed by atoms with Gasteiger partial charge in [-0.05, 0) is 30.9 Å². The highest BCUT2D eigenvalue weighted by Gasteiger charge is 2.19. The minimum absolute atomic E-state index is 0.0350. The average molecular weight is 398 g/mol. The Morgan fingerprint density at radius 3 is 2.72 bits per heavy atom. The Labute approximate surface area is 174 Å². The fourth-order valence-electron chi connectivity index (χ4n) is 3.47. The number of fused-ring (bicyclic) bond motifs is 1. The molecule has 1 aliphatic rings. The van der Waals surface area contributed by atoms with Gasteiger partial charge in [-0.2, -0.15) is 0 Å². The third-order valence-electron chi connectivity index (χ3n) is 5.16. The molecular weight excluding hydrogens is 362 g/mol. The number of guanidine groups is 1. The molecule has 1 aliphatic heterocycles. The largest absolute Gasteiger partial charge is 0.443 e. The van der Waals surface area contributed by atoms with E-state index in [2.05, 4.69) is 77.5 Å². The molecule has 3 rings (SSSR count). The molecule has 0 saturated heterocycles. The molecule has 1 aromatic heterocycles. The quantitative estimate of drug-likeness (QED) is 0.425. The number of aliphatic imine (C=N–C) groups is 1. The monoisotopic (exact) mass is 397 g/mol. The summed E-state index contributed by atoms with van der Waals surface area (Å²) in [5.74, 6) is 2.36. The highest BCUT2D eigenvalue weighted by atomic mass is 16.4. The van der Waals surface area contributed by atoms with Crippen LogP contribution in [-0.2, 0) is 24.9 Å². The van der Waals surface area contributed by atoms with Crippen LogP contribution >= 0.6 is 0 Å². The van der Waals surface area contributed by atoms with Crippen molar-refractivity contribution in [3.05, 3.63) is 53.2 Å². The number of hydrogen-bond acceptors (Lipinski definition) is 4. The first-order chi connectivity index (χ1) is 14.0. The fourth-order valence-corrected chi connectivity index (χ4v) is 3.47. The van der Waals surface area contributed by atoms with E-state index in [1.165, 1.54) is 11.1 Å². The van der Waals surface area contributed by atoms with Crippen molar-refractivity contribution in [3.8, 4) is 0 Å². The van der Waals surface area contributed by atoms with Crippen molar-refractivity contribution in [1.82, 2.24) is 20.5 Å². The summed E-state index contributed by atoms with van der Waals surface area (Å²) in [6, 6.07) is 8.79. The Kier molecular flexibility index (Phi) is 7.31. The summed E-state index contributed by atoms with van der Waals surface area (Å²) in [4.78, 5) is 11.5. The van der Waals surface area contributed by atoms with Crippen molar-refractivity contribution < 1.29 is 4.42 Å². The molecule has 0 unspecified atom stereocenters. The molecule has 0 spiro atoms. The molecular formula is C23H35N5O. The van der Waals surface area contributed by atoms with Gasteiger partial charge in [-0.1, -0.05) is 45.0 Å². The topological polar surface area (TPSA) is 65.7 Å². The van der Waals surface area contributed by atoms with E-state index in [1.807, 2.05) is 6.20 Å². The SMILES string of the molecule is CCNC(=NCc1ncc(C(C)(C)C)o1)NCCCN1CCc2ccccc2C1. The number of nitrogens with one attached hydrogen (secondary N) is 2. The number of nitrogens with zero attached hydrogens (tertiary/aromatic N) is 3. The van der Waals surface area contributed by atoms with Crippen LogP contribution in [0.25, 0.3) is 0 Å². The van der Waals surface area contributed by atoms with Gasteiger partial charge in [0.25, 0.3) is 0 Å². The second-order valence-corrected chi connectivity index (χ2v) is 8.64. The lowest BCUT2D eigenvalue weighted by Gasteiger charge is -2.28. The van der Waals surface area contributed by atoms with Crippen molar-refractivity contribution in [2.75, 3.05) is 26.2 Å². The Hall–Kier alpha value is -2.34. The highest BCUT2D eigenvalue weighted by molar-refractivity contribution is 5.79. The van der Waals surface area contributed by atoms with E-state index in [1.54, 1.807) is 0 Å². The van der Waals surface area contributed by atoms with Crippen molar-refractivity contribution in [2.45, 2.75) is 59.0 Å². The third kappa shape index (κ3) is 6.32. The summed E-state index contributed by atoms with van der Waals surface area (Å²) in [5, 5.41) is 6.73. The molecule has 2 heterocycles. The summed E-state index contributed by atoms with van der Waals surface area (Å²) in [6.45, 7) is 13.9. The van der Waals surface area contributed by atoms with E-state index in [0.29, 0.717) is 12.4 Å². The normalized spacial score (nSPS) is 15.2. The maximum Gasteiger partial charge on any atom is 0.216 e. The predicted octanol–water partition coefficient (Wildman–Crippen LogP) is 3.48. The summed E-state index contributed by atoms with van der Waals surface area (Å²) in [5.41, 5.74) is 2.94. The molecule has 0 amide bonds. The number of aromatic nitrogens is 1. The van der Waals surface area contributed by atoms with Gasteiger partial charge in [0.2, 0.25) is 5.89 Å². The molecule has 0 bridgehead atoms. The van der Waals surface area contributed by atoms with E-state index in [0.717, 1.165) is 57.3 Å². The van der Waals surface area contributed by atoms with Gasteiger partial charge in [-0.25, -0.2) is 9.98 Å². The molecule has 1 aromatic carbocycles. The molecule has 0 aliphatic carbocycles. The predicted molar refractivity (Wildman–Crippen MR) is 118 cm³/mol. The summed E-state index contributed by atoms with van der Waals surface area (Å²) in [7, 11) is 0. The van der Waals surface area contributed by atoms with Gasteiger partial charge in [0.15, 0.2) is 5.96 Å². The molecule has 158 valence electrons. The van der Waals surface area contributed by atoms with Gasteiger partial charge in [-0.3, -0.25) is 4.90 Å². The molecule has 0 saturated carbocycles. The standard InChI is InChI=1S/C23H35N5O/c1-5-24-22(27-16-21-26-15-20(29-21)23(2,3)4)25-12-8-13-28-14-11-18-9-6-7-10-19(18)17-28/h6-7,9-10,15H,5,8,11-14,16-17H2,1-4H3,(H2,24,25,27). The number of rotatable bonds is 7. The van der Waals surface area contributed by atoms with Gasteiger partial charge in [0, 0.05) is 38.1 Å². The Morgan fingerprint density at radius 1 is 1.21 bits per heavy atom. The van der Waals surface area contributed by atoms with Crippen LogP contribution in [0, 0.1) is 0 Å². The van der Waals surface area contributed by atoms with E-state index in [4.69, 9.17) is 4.42 Å². The van der Waals surface area contributed by atoms with Crippen LogP contribution in [0.2, 0.25) is 0 Å². The van der Waals surface area contributed by atoms with Gasteiger partial charge < -0.3 is 15.1 Å². The lowest BCUT2D eigenvalue weighted by molar-refractivity contribution is 0.251. The van der Waals surface area contributed by atoms with Gasteiger partial charge >= 0.3 is 0 Å². The molecule has 0 radical (unpaired) electrons. The van der Waals surface area contributed by atoms with Crippen LogP contribution < -0.4 is 10.6 Å². The van der Waals surface area contributed by atoms with Crippen LogP contribution in [0.15, 0.2) is 39.9 Å². The average Bonchev–Trinajstić information content (AvgIpc) is 3.19. The number of oxazole rings is 1. The number of benzene rings is 1. The summed E-state index contributed by atoms with van der Waals surface area (Å²) in [6.07, 6.45) is 4.04. The molecule has 6 nitrogen and oxygen atoms in total. The lowest BCUT2D eigenvalue weighted by Crippen LogP contribution is -2.39. The molecule has 0 fully saturated rings. The lowest BCUT2D eigenvalue weighted by atomic mass is 9.94. The Bertz CT molecular complexity index is 806. The highest BCUT2D eigenvalue weighted by Crippen LogP contribution is 2.22. The van der Waals surface area contributed by atoms with Crippen molar-refractivity contribution in [3.63, 3.8) is 0 Å². The fraction of sp³-hybridized carbons (Fsp3) is 0.565. The number of hydrogen-bond donors (Lipinski definition) is 2. The molecule has 2 aromatic rings. The molecule has 0 atom stereocenters. The van der Waals surface area contributed by atoms with Crippen LogP contribution in [0.5, 0.6) is 0 Å². The van der Waals surface area contributed by atoms with Crippen molar-refractivity contribution in [1.29, 1.82) is 0 Å². The van der Waals surface area contributed by atoms with Crippen LogP contribution in [0.3, 0.4) is 0 Å². The minimum atomic E-state index is -0.0350. The molecule has 29 heavy (non-hydrogen) atoms. The molecule has 6 heteroatoms. The zero-order valence-corrected chi connectivity index (χ0v) is 18.3. The van der Waals surface area contributed by atoms with E-state index < -0.39 is 0 Å².